The Labute approximate surface area is 197 Å². The summed E-state index contributed by atoms with van der Waals surface area (Å²) in [6.07, 6.45) is -0.715. The number of carbonyl (C=O) groups is 1. The molecule has 7 heteroatoms. The van der Waals surface area contributed by atoms with E-state index in [-0.39, 0.29) is 11.9 Å². The molecule has 0 radical (unpaired) electrons. The lowest BCUT2D eigenvalue weighted by atomic mass is 9.89. The number of benzene rings is 3. The molecular formula is C25H23Cl2NO4. The Morgan fingerprint density at radius 2 is 1.53 bits per heavy atom. The first kappa shape index (κ1) is 22.3. The summed E-state index contributed by atoms with van der Waals surface area (Å²) < 4.78 is 17.0. The largest absolute Gasteiger partial charge is 0.493 e. The second-order valence-electron chi connectivity index (χ2n) is 7.65. The predicted molar refractivity (Wildman–Crippen MR) is 127 cm³/mol. The first-order valence-electron chi connectivity index (χ1n) is 10.1. The van der Waals surface area contributed by atoms with Crippen LogP contribution in [0.3, 0.4) is 0 Å². The van der Waals surface area contributed by atoms with Crippen molar-refractivity contribution < 1.29 is 19.0 Å². The molecule has 3 aromatic carbocycles. The number of hydrogen-bond acceptors (Lipinski definition) is 4. The molecule has 0 bridgehead atoms. The quantitative estimate of drug-likeness (QED) is 0.403. The molecule has 0 spiro atoms. The van der Waals surface area contributed by atoms with E-state index in [1.807, 2.05) is 50.2 Å². The summed E-state index contributed by atoms with van der Waals surface area (Å²) in [4.78, 5) is 15.0. The zero-order valence-corrected chi connectivity index (χ0v) is 19.7. The number of β-lactam (4-membered cyclic amide) rings is 1. The zero-order valence-electron chi connectivity index (χ0n) is 18.2. The maximum absolute atomic E-state index is 13.3. The van der Waals surface area contributed by atoms with E-state index < -0.39 is 6.10 Å². The van der Waals surface area contributed by atoms with Gasteiger partial charge in [-0.1, -0.05) is 35.3 Å². The molecule has 3 aromatic rings. The number of hydrogen-bond donors (Lipinski definition) is 0. The van der Waals surface area contributed by atoms with E-state index in [2.05, 4.69) is 0 Å². The van der Waals surface area contributed by atoms with Crippen LogP contribution in [0.1, 0.15) is 22.7 Å². The molecule has 4 rings (SSSR count). The highest BCUT2D eigenvalue weighted by atomic mass is 35.5. The van der Waals surface area contributed by atoms with E-state index in [1.54, 1.807) is 37.3 Å². The van der Waals surface area contributed by atoms with Gasteiger partial charge in [0, 0.05) is 15.7 Å². The van der Waals surface area contributed by atoms with Crippen molar-refractivity contribution in [2.24, 2.45) is 0 Å². The number of methoxy groups -OCH3 is 2. The van der Waals surface area contributed by atoms with Crippen LogP contribution in [0.5, 0.6) is 17.2 Å². The van der Waals surface area contributed by atoms with Gasteiger partial charge in [0.25, 0.3) is 5.91 Å². The average molecular weight is 472 g/mol. The van der Waals surface area contributed by atoms with Crippen molar-refractivity contribution in [1.29, 1.82) is 0 Å². The van der Waals surface area contributed by atoms with E-state index in [1.165, 1.54) is 0 Å². The Kier molecular flexibility index (Phi) is 6.22. The topological polar surface area (TPSA) is 48.0 Å². The Morgan fingerprint density at radius 1 is 0.812 bits per heavy atom. The summed E-state index contributed by atoms with van der Waals surface area (Å²) in [7, 11) is 3.16. The highest BCUT2D eigenvalue weighted by Gasteiger charge is 2.51. The lowest BCUT2D eigenvalue weighted by Crippen LogP contribution is -2.61. The third kappa shape index (κ3) is 3.98. The monoisotopic (exact) mass is 471 g/mol. The first-order chi connectivity index (χ1) is 15.3. The van der Waals surface area contributed by atoms with Crippen LogP contribution in [-0.4, -0.2) is 26.2 Å². The number of halogens is 2. The van der Waals surface area contributed by atoms with Crippen molar-refractivity contribution >= 4 is 34.8 Å². The van der Waals surface area contributed by atoms with Crippen LogP contribution in [-0.2, 0) is 4.79 Å². The van der Waals surface area contributed by atoms with Gasteiger partial charge in [-0.25, -0.2) is 0 Å². The smallest absolute Gasteiger partial charge is 0.271 e. The molecule has 0 saturated carbocycles. The summed E-state index contributed by atoms with van der Waals surface area (Å²) in [6, 6.07) is 16.1. The average Bonchev–Trinajstić information content (AvgIpc) is 2.78. The van der Waals surface area contributed by atoms with Crippen LogP contribution < -0.4 is 19.1 Å². The van der Waals surface area contributed by atoms with Gasteiger partial charge in [0.05, 0.1) is 14.2 Å². The number of amides is 1. The molecule has 0 unspecified atom stereocenters. The Balaban J connectivity index is 1.76. The number of rotatable bonds is 6. The van der Waals surface area contributed by atoms with E-state index in [9.17, 15) is 4.79 Å². The van der Waals surface area contributed by atoms with Gasteiger partial charge in [-0.05, 0) is 73.0 Å². The minimum Gasteiger partial charge on any atom is -0.493 e. The molecule has 0 N–H and O–H groups in total. The number of nitrogens with zero attached hydrogens (tertiary/aromatic N) is 1. The summed E-state index contributed by atoms with van der Waals surface area (Å²) in [6.45, 7) is 3.82. The molecule has 1 aliphatic heterocycles. The molecule has 0 aromatic heterocycles. The summed E-state index contributed by atoms with van der Waals surface area (Å²) in [5.41, 5.74) is 3.36. The number of anilines is 1. The fourth-order valence-electron chi connectivity index (χ4n) is 3.84. The third-order valence-corrected chi connectivity index (χ3v) is 6.26. The molecule has 1 fully saturated rings. The van der Waals surface area contributed by atoms with Crippen LogP contribution in [0.2, 0.25) is 10.0 Å². The minimum atomic E-state index is -0.715. The van der Waals surface area contributed by atoms with E-state index in [0.29, 0.717) is 33.0 Å². The Bertz CT molecular complexity index is 1180. The Morgan fingerprint density at radius 3 is 2.19 bits per heavy atom. The summed E-state index contributed by atoms with van der Waals surface area (Å²) in [5, 5.41) is 1.21. The third-order valence-electron chi connectivity index (χ3n) is 5.62. The van der Waals surface area contributed by atoms with Gasteiger partial charge in [-0.15, -0.1) is 0 Å². The summed E-state index contributed by atoms with van der Waals surface area (Å²) in [5.74, 6) is 1.64. The van der Waals surface area contributed by atoms with E-state index in [0.717, 1.165) is 16.7 Å². The number of ether oxygens (including phenoxy) is 3. The van der Waals surface area contributed by atoms with Crippen LogP contribution in [0, 0.1) is 13.8 Å². The van der Waals surface area contributed by atoms with Gasteiger partial charge in [-0.3, -0.25) is 9.69 Å². The van der Waals surface area contributed by atoms with Crippen LogP contribution in [0.15, 0.2) is 54.6 Å². The van der Waals surface area contributed by atoms with Crippen LogP contribution in [0.4, 0.5) is 5.69 Å². The van der Waals surface area contributed by atoms with Gasteiger partial charge >= 0.3 is 0 Å². The van der Waals surface area contributed by atoms with Crippen molar-refractivity contribution in [2.75, 3.05) is 19.1 Å². The minimum absolute atomic E-state index is 0.154. The Hall–Kier alpha value is -2.89. The molecule has 166 valence electrons. The van der Waals surface area contributed by atoms with E-state index >= 15 is 0 Å². The lowest BCUT2D eigenvalue weighted by molar-refractivity contribution is -0.135. The SMILES string of the molecule is COc1ccc([C@@H]2[C@@H](Oc3ccc(Cl)cc3C)C(=O)N2c2ccc(C)c(Cl)c2)cc1OC. The molecular weight excluding hydrogens is 449 g/mol. The fourth-order valence-corrected chi connectivity index (χ4v) is 4.24. The van der Waals surface area contributed by atoms with E-state index in [4.69, 9.17) is 37.4 Å². The number of carbonyl (C=O) groups excluding carboxylic acids is 1. The van der Waals surface area contributed by atoms with Crippen molar-refractivity contribution in [3.05, 3.63) is 81.3 Å². The van der Waals surface area contributed by atoms with Crippen molar-refractivity contribution in [3.63, 3.8) is 0 Å². The molecule has 1 heterocycles. The standard InChI is InChI=1S/C25H23Cl2NO4/c1-14-5-8-18(13-19(14)27)28-23(16-6-9-21(30-3)22(12-16)31-4)24(25(28)29)32-20-10-7-17(26)11-15(20)2/h5-13,23-24H,1-4H3/t23-,24-/m1/s1. The second-order valence-corrected chi connectivity index (χ2v) is 8.49. The van der Waals surface area contributed by atoms with Crippen LogP contribution >= 0.6 is 23.2 Å². The molecule has 0 aliphatic carbocycles. The van der Waals surface area contributed by atoms with Crippen molar-refractivity contribution in [2.45, 2.75) is 26.0 Å². The fraction of sp³-hybridized carbons (Fsp3) is 0.240. The lowest BCUT2D eigenvalue weighted by Gasteiger charge is -2.47. The molecule has 1 saturated heterocycles. The van der Waals surface area contributed by atoms with Crippen molar-refractivity contribution in [3.8, 4) is 17.2 Å². The van der Waals surface area contributed by atoms with Crippen LogP contribution in [0.25, 0.3) is 0 Å². The molecule has 1 amide bonds. The molecule has 32 heavy (non-hydrogen) atoms. The maximum atomic E-state index is 13.3. The second kappa shape index (κ2) is 8.93. The first-order valence-corrected chi connectivity index (χ1v) is 10.8. The number of aryl methyl sites for hydroxylation is 2. The highest BCUT2D eigenvalue weighted by Crippen LogP contribution is 2.44. The zero-order chi connectivity index (χ0) is 23.0. The van der Waals surface area contributed by atoms with Gasteiger partial charge in [0.2, 0.25) is 6.10 Å². The summed E-state index contributed by atoms with van der Waals surface area (Å²) >= 11 is 12.4. The predicted octanol–water partition coefficient (Wildman–Crippen LogP) is 6.16. The van der Waals surface area contributed by atoms with Gasteiger partial charge < -0.3 is 14.2 Å². The van der Waals surface area contributed by atoms with Gasteiger partial charge in [0.1, 0.15) is 11.8 Å². The molecule has 1 aliphatic rings. The molecule has 2 atom stereocenters. The van der Waals surface area contributed by atoms with Gasteiger partial charge in [0.15, 0.2) is 11.5 Å². The van der Waals surface area contributed by atoms with Crippen molar-refractivity contribution in [1.82, 2.24) is 0 Å². The molecule has 5 nitrogen and oxygen atoms in total. The normalized spacial score (nSPS) is 17.7. The van der Waals surface area contributed by atoms with Gasteiger partial charge in [-0.2, -0.15) is 0 Å². The highest BCUT2D eigenvalue weighted by molar-refractivity contribution is 6.31. The maximum Gasteiger partial charge on any atom is 0.271 e.